The molecule has 2 rings (SSSR count). The van der Waals surface area contributed by atoms with E-state index in [4.69, 9.17) is 16.3 Å². The molecule has 1 aliphatic heterocycles. The van der Waals surface area contributed by atoms with Crippen molar-refractivity contribution in [2.45, 2.75) is 19.4 Å². The van der Waals surface area contributed by atoms with Crippen LogP contribution in [0.1, 0.15) is 13.3 Å². The van der Waals surface area contributed by atoms with Gasteiger partial charge < -0.3 is 15.0 Å². The highest BCUT2D eigenvalue weighted by Crippen LogP contribution is 2.28. The lowest BCUT2D eigenvalue weighted by Gasteiger charge is -2.23. The number of methoxy groups -OCH3 is 1. The number of likely N-dealkylation sites (tertiary alicyclic amines) is 1. The lowest BCUT2D eigenvalue weighted by Crippen LogP contribution is -2.38. The molecular weight excluding hydrogens is 338 g/mol. The van der Waals surface area contributed by atoms with Gasteiger partial charge in [0.05, 0.1) is 23.5 Å². The zero-order valence-corrected chi connectivity index (χ0v) is 14.1. The van der Waals surface area contributed by atoms with E-state index in [2.05, 4.69) is 5.32 Å². The minimum Gasteiger partial charge on any atom is -0.383 e. The zero-order valence-electron chi connectivity index (χ0n) is 13.3. The predicted octanol–water partition coefficient (Wildman–Crippen LogP) is 2.07. The van der Waals surface area contributed by atoms with Crippen molar-refractivity contribution in [1.29, 1.82) is 0 Å². The molecule has 1 aromatic rings. The van der Waals surface area contributed by atoms with E-state index in [1.165, 1.54) is 18.2 Å². The number of rotatable bonds is 6. The molecule has 130 valence electrons. The smallest absolute Gasteiger partial charge is 0.289 e. The molecule has 0 aromatic heterocycles. The molecule has 0 radical (unpaired) electrons. The van der Waals surface area contributed by atoms with Gasteiger partial charge in [0.1, 0.15) is 5.02 Å². The second kappa shape index (κ2) is 7.59. The number of carbonyl (C=O) groups is 2. The van der Waals surface area contributed by atoms with Crippen LogP contribution in [-0.2, 0) is 14.3 Å². The molecule has 1 saturated heterocycles. The van der Waals surface area contributed by atoms with Crippen LogP contribution in [0, 0.1) is 16.0 Å². The minimum absolute atomic E-state index is 0.00592. The highest BCUT2D eigenvalue weighted by Gasteiger charge is 2.36. The number of ether oxygens (including phenoxy) is 1. The Morgan fingerprint density at radius 3 is 2.92 bits per heavy atom. The first-order chi connectivity index (χ1) is 11.3. The van der Waals surface area contributed by atoms with Gasteiger partial charge in [-0.2, -0.15) is 0 Å². The monoisotopic (exact) mass is 355 g/mol. The molecule has 0 unspecified atom stereocenters. The van der Waals surface area contributed by atoms with Crippen LogP contribution < -0.4 is 5.32 Å². The number of hydrogen-bond donors (Lipinski definition) is 1. The molecule has 24 heavy (non-hydrogen) atoms. The van der Waals surface area contributed by atoms with Crippen LogP contribution >= 0.6 is 11.6 Å². The zero-order chi connectivity index (χ0) is 17.9. The molecule has 1 aromatic carbocycles. The first-order valence-corrected chi connectivity index (χ1v) is 7.74. The van der Waals surface area contributed by atoms with Crippen LogP contribution in [0.2, 0.25) is 5.02 Å². The third-order valence-electron chi connectivity index (χ3n) is 3.88. The number of hydrogen-bond acceptors (Lipinski definition) is 5. The van der Waals surface area contributed by atoms with Gasteiger partial charge in [0.2, 0.25) is 11.8 Å². The van der Waals surface area contributed by atoms with Crippen molar-refractivity contribution in [3.8, 4) is 0 Å². The van der Waals surface area contributed by atoms with Crippen molar-refractivity contribution in [3.05, 3.63) is 33.3 Å². The topological polar surface area (TPSA) is 102 Å². The summed E-state index contributed by atoms with van der Waals surface area (Å²) in [5.41, 5.74) is -0.0146. The summed E-state index contributed by atoms with van der Waals surface area (Å²) >= 11 is 5.74. The van der Waals surface area contributed by atoms with Crippen molar-refractivity contribution in [1.82, 2.24) is 4.90 Å². The van der Waals surface area contributed by atoms with Crippen LogP contribution in [0.4, 0.5) is 11.4 Å². The van der Waals surface area contributed by atoms with Crippen molar-refractivity contribution in [2.75, 3.05) is 25.6 Å². The maximum absolute atomic E-state index is 12.3. The van der Waals surface area contributed by atoms with E-state index in [0.717, 1.165) is 0 Å². The maximum Gasteiger partial charge on any atom is 0.289 e. The van der Waals surface area contributed by atoms with Crippen LogP contribution in [0.15, 0.2) is 18.2 Å². The quantitative estimate of drug-likeness (QED) is 0.621. The normalized spacial score (nSPS) is 18.5. The summed E-state index contributed by atoms with van der Waals surface area (Å²) in [4.78, 5) is 36.2. The molecule has 1 fully saturated rings. The maximum atomic E-state index is 12.3. The Hall–Kier alpha value is -2.19. The average molecular weight is 356 g/mol. The predicted molar refractivity (Wildman–Crippen MR) is 87.9 cm³/mol. The molecular formula is C15H18ClN3O5. The molecule has 1 N–H and O–H groups in total. The van der Waals surface area contributed by atoms with Gasteiger partial charge in [-0.1, -0.05) is 11.6 Å². The van der Waals surface area contributed by atoms with Crippen molar-refractivity contribution < 1.29 is 19.2 Å². The molecule has 1 aliphatic rings. The van der Waals surface area contributed by atoms with Gasteiger partial charge in [-0.3, -0.25) is 19.7 Å². The largest absolute Gasteiger partial charge is 0.383 e. The van der Waals surface area contributed by atoms with Gasteiger partial charge in [-0.05, 0) is 19.1 Å². The Kier molecular flexibility index (Phi) is 5.74. The van der Waals surface area contributed by atoms with Crippen LogP contribution in [-0.4, -0.2) is 47.9 Å². The van der Waals surface area contributed by atoms with Crippen LogP contribution in [0.25, 0.3) is 0 Å². The Labute approximate surface area is 143 Å². The minimum atomic E-state index is -0.620. The SMILES string of the molecule is COC[C@H](C)N1C[C@H](C(=O)Nc2ccc(Cl)c([N+](=O)[O-])c2)CC1=O. The molecule has 0 aliphatic carbocycles. The van der Waals surface area contributed by atoms with E-state index in [1.54, 1.807) is 12.0 Å². The molecule has 1 heterocycles. The molecule has 2 amide bonds. The van der Waals surface area contributed by atoms with E-state index in [0.29, 0.717) is 13.2 Å². The Bertz CT molecular complexity index is 667. The summed E-state index contributed by atoms with van der Waals surface area (Å²) in [6.45, 7) is 2.54. The van der Waals surface area contributed by atoms with Gasteiger partial charge in [-0.25, -0.2) is 0 Å². The van der Waals surface area contributed by atoms with E-state index < -0.39 is 10.8 Å². The number of carbonyl (C=O) groups excluding carboxylic acids is 2. The van der Waals surface area contributed by atoms with Gasteiger partial charge in [0.15, 0.2) is 0 Å². The number of halogens is 1. The summed E-state index contributed by atoms with van der Waals surface area (Å²) in [6, 6.07) is 3.91. The third-order valence-corrected chi connectivity index (χ3v) is 4.20. The van der Waals surface area contributed by atoms with E-state index in [9.17, 15) is 19.7 Å². The number of nitrogens with zero attached hydrogens (tertiary/aromatic N) is 2. The highest BCUT2D eigenvalue weighted by atomic mass is 35.5. The van der Waals surface area contributed by atoms with Gasteiger partial charge in [0, 0.05) is 31.8 Å². The summed E-state index contributed by atoms with van der Waals surface area (Å²) in [5.74, 6) is -0.972. The van der Waals surface area contributed by atoms with Crippen molar-refractivity contribution in [3.63, 3.8) is 0 Å². The summed E-state index contributed by atoms with van der Waals surface area (Å²) < 4.78 is 5.03. The number of nitro groups is 1. The lowest BCUT2D eigenvalue weighted by atomic mass is 10.1. The molecule has 0 spiro atoms. The number of benzene rings is 1. The number of anilines is 1. The Balaban J connectivity index is 2.04. The summed E-state index contributed by atoms with van der Waals surface area (Å²) in [6.07, 6.45) is 0.107. The molecule has 0 saturated carbocycles. The number of nitrogens with one attached hydrogen (secondary N) is 1. The summed E-state index contributed by atoms with van der Waals surface area (Å²) in [5, 5.41) is 13.5. The van der Waals surface area contributed by atoms with Crippen LogP contribution in [0.5, 0.6) is 0 Å². The second-order valence-electron chi connectivity index (χ2n) is 5.66. The second-order valence-corrected chi connectivity index (χ2v) is 6.07. The van der Waals surface area contributed by atoms with Gasteiger partial charge >= 0.3 is 0 Å². The highest BCUT2D eigenvalue weighted by molar-refractivity contribution is 6.32. The fourth-order valence-corrected chi connectivity index (χ4v) is 2.83. The third kappa shape index (κ3) is 4.01. The fraction of sp³-hybridized carbons (Fsp3) is 0.467. The summed E-state index contributed by atoms with van der Waals surface area (Å²) in [7, 11) is 1.55. The van der Waals surface area contributed by atoms with E-state index in [-0.39, 0.29) is 40.7 Å². The molecule has 8 nitrogen and oxygen atoms in total. The van der Waals surface area contributed by atoms with Crippen molar-refractivity contribution >= 4 is 34.8 Å². The molecule has 9 heteroatoms. The lowest BCUT2D eigenvalue weighted by molar-refractivity contribution is -0.384. The van der Waals surface area contributed by atoms with E-state index >= 15 is 0 Å². The van der Waals surface area contributed by atoms with Gasteiger partial charge in [0.25, 0.3) is 5.69 Å². The Morgan fingerprint density at radius 1 is 1.58 bits per heavy atom. The number of nitro benzene ring substituents is 1. The van der Waals surface area contributed by atoms with Crippen molar-refractivity contribution in [2.24, 2.45) is 5.92 Å². The first-order valence-electron chi connectivity index (χ1n) is 7.36. The standard InChI is InChI=1S/C15H18ClN3O5/c1-9(8-24-2)18-7-10(5-14(18)20)15(21)17-11-3-4-12(16)13(6-11)19(22)23/h3-4,6,9-10H,5,7-8H2,1-2H3,(H,17,21)/t9-,10+/m0/s1. The molecule has 0 bridgehead atoms. The first kappa shape index (κ1) is 18.2. The Morgan fingerprint density at radius 2 is 2.29 bits per heavy atom. The number of amides is 2. The molecule has 2 atom stereocenters. The van der Waals surface area contributed by atoms with E-state index in [1.807, 2.05) is 6.92 Å². The van der Waals surface area contributed by atoms with Crippen LogP contribution in [0.3, 0.4) is 0 Å². The van der Waals surface area contributed by atoms with Gasteiger partial charge in [-0.15, -0.1) is 0 Å². The average Bonchev–Trinajstić information content (AvgIpc) is 2.91. The fourth-order valence-electron chi connectivity index (χ4n) is 2.64.